The summed E-state index contributed by atoms with van der Waals surface area (Å²) in [4.78, 5) is 31.4. The fourth-order valence-electron chi connectivity index (χ4n) is 2.62. The largest absolute Gasteiger partial charge is 2.00 e. The third-order valence-corrected chi connectivity index (χ3v) is 3.79. The minimum Gasteiger partial charge on any atom is -0.550 e. The van der Waals surface area contributed by atoms with Crippen LogP contribution in [0.15, 0.2) is 91.3 Å². The standard InChI is InChI=1S/C21H15N3.2C2H4O2.CH2Cl2.Cu/c1-2-8-16(9-3-1)17-14-20(18-10-4-6-12-22-18)24-21(15-17)19-11-5-7-13-23-19;2*1-2(3)4;2-1-3;/h1-15H;2*1H3,(H,3,4);1H2;/q;;;;+2/p-2. The maximum atomic E-state index is 8.89. The molecule has 0 amide bonds. The first-order chi connectivity index (χ1) is 16.8. The number of carboxylic acid groups (broad SMARTS) is 2. The van der Waals surface area contributed by atoms with Gasteiger partial charge in [-0.3, -0.25) is 9.97 Å². The topological polar surface area (TPSA) is 119 Å². The molecule has 1 radical (unpaired) electrons. The minimum atomic E-state index is -1.08. The van der Waals surface area contributed by atoms with E-state index in [1.807, 2.05) is 54.6 Å². The average molecular weight is 576 g/mol. The summed E-state index contributed by atoms with van der Waals surface area (Å²) in [5, 5.41) is 18.0. The summed E-state index contributed by atoms with van der Waals surface area (Å²) in [6.07, 6.45) is 3.57. The van der Waals surface area contributed by atoms with Crippen molar-refractivity contribution in [1.29, 1.82) is 0 Å². The van der Waals surface area contributed by atoms with Crippen molar-refractivity contribution < 1.29 is 36.9 Å². The molecule has 4 aromatic rings. The molecule has 7 nitrogen and oxygen atoms in total. The predicted molar refractivity (Wildman–Crippen MR) is 134 cm³/mol. The number of carboxylic acids is 2. The molecule has 0 aliphatic heterocycles. The molecule has 0 unspecified atom stereocenters. The van der Waals surface area contributed by atoms with Crippen LogP contribution in [-0.4, -0.2) is 32.2 Å². The molecule has 0 saturated heterocycles. The van der Waals surface area contributed by atoms with Crippen LogP contribution in [0.3, 0.4) is 0 Å². The first kappa shape index (κ1) is 32.7. The fourth-order valence-corrected chi connectivity index (χ4v) is 2.62. The maximum absolute atomic E-state index is 8.89. The quantitative estimate of drug-likeness (QED) is 0.269. The summed E-state index contributed by atoms with van der Waals surface area (Å²) in [6, 6.07) is 26.1. The van der Waals surface area contributed by atoms with Crippen LogP contribution in [0.2, 0.25) is 0 Å². The third kappa shape index (κ3) is 13.6. The van der Waals surface area contributed by atoms with Gasteiger partial charge in [0.2, 0.25) is 0 Å². The van der Waals surface area contributed by atoms with Crippen LogP contribution in [0, 0.1) is 0 Å². The van der Waals surface area contributed by atoms with Crippen molar-refractivity contribution >= 4 is 35.1 Å². The van der Waals surface area contributed by atoms with Crippen LogP contribution in [-0.2, 0) is 26.7 Å². The summed E-state index contributed by atoms with van der Waals surface area (Å²) < 4.78 is 0. The number of rotatable bonds is 3. The van der Waals surface area contributed by atoms with E-state index >= 15 is 0 Å². The van der Waals surface area contributed by atoms with Crippen LogP contribution in [0.5, 0.6) is 0 Å². The van der Waals surface area contributed by atoms with Gasteiger partial charge in [0.25, 0.3) is 0 Å². The molecule has 0 N–H and O–H groups in total. The Morgan fingerprint density at radius 3 is 1.36 bits per heavy atom. The number of halogens is 2. The molecule has 4 rings (SSSR count). The van der Waals surface area contributed by atoms with E-state index < -0.39 is 11.9 Å². The van der Waals surface area contributed by atoms with Crippen molar-refractivity contribution in [2.75, 3.05) is 5.34 Å². The van der Waals surface area contributed by atoms with Gasteiger partial charge in [0, 0.05) is 24.3 Å². The zero-order valence-corrected chi connectivity index (χ0v) is 21.9. The second-order valence-electron chi connectivity index (χ2n) is 6.51. The van der Waals surface area contributed by atoms with Crippen molar-refractivity contribution in [3.63, 3.8) is 0 Å². The van der Waals surface area contributed by atoms with Crippen LogP contribution in [0.1, 0.15) is 13.8 Å². The Balaban J connectivity index is 0.000000874. The number of benzene rings is 1. The zero-order chi connectivity index (χ0) is 26.1. The van der Waals surface area contributed by atoms with E-state index in [-0.39, 0.29) is 22.4 Å². The maximum Gasteiger partial charge on any atom is 2.00 e. The van der Waals surface area contributed by atoms with Crippen molar-refractivity contribution in [1.82, 2.24) is 15.0 Å². The number of nitrogens with zero attached hydrogens (tertiary/aromatic N) is 3. The number of alkyl halides is 2. The monoisotopic (exact) mass is 574 g/mol. The summed E-state index contributed by atoms with van der Waals surface area (Å²) in [6.45, 7) is 1.94. The Kier molecular flexibility index (Phi) is 17.2. The van der Waals surface area contributed by atoms with Gasteiger partial charge in [-0.25, -0.2) is 4.98 Å². The molecule has 3 aromatic heterocycles. The van der Waals surface area contributed by atoms with Gasteiger partial charge in [-0.15, -0.1) is 23.2 Å². The molecule has 1 aromatic carbocycles. The van der Waals surface area contributed by atoms with E-state index in [1.54, 1.807) is 12.4 Å². The first-order valence-corrected chi connectivity index (χ1v) is 11.2. The van der Waals surface area contributed by atoms with Gasteiger partial charge in [-0.2, -0.15) is 0 Å². The first-order valence-electron chi connectivity index (χ1n) is 10.2. The molecular formula is C26H23Cl2CuN3O4. The van der Waals surface area contributed by atoms with Crippen LogP contribution in [0.4, 0.5) is 0 Å². The number of aromatic nitrogens is 3. The van der Waals surface area contributed by atoms with Gasteiger partial charge < -0.3 is 19.8 Å². The molecule has 0 aliphatic carbocycles. The van der Waals surface area contributed by atoms with E-state index in [1.165, 1.54) is 0 Å². The van der Waals surface area contributed by atoms with Crippen molar-refractivity contribution in [2.24, 2.45) is 0 Å². The summed E-state index contributed by atoms with van der Waals surface area (Å²) in [5.41, 5.74) is 5.65. The Bertz CT molecular complexity index is 1010. The molecule has 10 heteroatoms. The van der Waals surface area contributed by atoms with Crippen LogP contribution in [0.25, 0.3) is 33.9 Å². The van der Waals surface area contributed by atoms with Gasteiger partial charge in [-0.1, -0.05) is 42.5 Å². The molecule has 0 fully saturated rings. The molecule has 0 saturated carbocycles. The third-order valence-electron chi connectivity index (χ3n) is 3.79. The number of pyridine rings is 3. The SMILES string of the molecule is CC(=O)[O-].CC(=O)[O-].ClCCl.[Cu+2].c1ccc(-c2cc(-c3ccccn3)nc(-c3ccccn3)c2)cc1. The van der Waals surface area contributed by atoms with Gasteiger partial charge in [0.15, 0.2) is 0 Å². The van der Waals surface area contributed by atoms with Crippen molar-refractivity contribution in [2.45, 2.75) is 13.8 Å². The van der Waals surface area contributed by atoms with Crippen molar-refractivity contribution in [3.05, 3.63) is 91.3 Å². The normalized spacial score (nSPS) is 8.89. The summed E-state index contributed by atoms with van der Waals surface area (Å²) in [5.74, 6) is -2.17. The van der Waals surface area contributed by atoms with E-state index in [4.69, 9.17) is 48.0 Å². The molecule has 0 atom stereocenters. The summed E-state index contributed by atoms with van der Waals surface area (Å²) >= 11 is 9.53. The number of carbonyl (C=O) groups is 2. The Labute approximate surface area is 230 Å². The second kappa shape index (κ2) is 19.0. The van der Waals surface area contributed by atoms with Gasteiger partial charge in [-0.05, 0) is 61.4 Å². The number of hydrogen-bond donors (Lipinski definition) is 0. The predicted octanol–water partition coefficient (Wildman–Crippen LogP) is 3.80. The number of carbonyl (C=O) groups excluding carboxylic acids is 2. The smallest absolute Gasteiger partial charge is 0.550 e. The number of aliphatic carboxylic acids is 2. The molecule has 0 spiro atoms. The molecule has 191 valence electrons. The summed E-state index contributed by atoms with van der Waals surface area (Å²) in [7, 11) is 0. The van der Waals surface area contributed by atoms with E-state index in [0.29, 0.717) is 0 Å². The minimum absolute atomic E-state index is 0. The van der Waals surface area contributed by atoms with Crippen LogP contribution < -0.4 is 10.2 Å². The second-order valence-corrected chi connectivity index (χ2v) is 7.31. The average Bonchev–Trinajstić information content (AvgIpc) is 2.85. The Morgan fingerprint density at radius 2 is 1.03 bits per heavy atom. The molecular weight excluding hydrogens is 553 g/mol. The molecule has 3 heterocycles. The Hall–Kier alpha value is -3.29. The van der Waals surface area contributed by atoms with E-state index in [9.17, 15) is 0 Å². The van der Waals surface area contributed by atoms with Gasteiger partial charge in [0.05, 0.1) is 28.1 Å². The Morgan fingerprint density at radius 1 is 0.667 bits per heavy atom. The molecule has 0 bridgehead atoms. The zero-order valence-electron chi connectivity index (χ0n) is 19.4. The van der Waals surface area contributed by atoms with E-state index in [0.717, 1.165) is 47.8 Å². The van der Waals surface area contributed by atoms with E-state index in [2.05, 4.69) is 34.2 Å². The van der Waals surface area contributed by atoms with Gasteiger partial charge >= 0.3 is 17.1 Å². The van der Waals surface area contributed by atoms with Crippen molar-refractivity contribution in [3.8, 4) is 33.9 Å². The molecule has 0 aliphatic rings. The van der Waals surface area contributed by atoms with Crippen LogP contribution >= 0.6 is 23.2 Å². The fraction of sp³-hybridized carbons (Fsp3) is 0.115. The number of hydrogen-bond acceptors (Lipinski definition) is 7. The molecule has 36 heavy (non-hydrogen) atoms. The van der Waals surface area contributed by atoms with Gasteiger partial charge in [0.1, 0.15) is 0 Å².